The Balaban J connectivity index is 1.45. The van der Waals surface area contributed by atoms with Crippen molar-refractivity contribution >= 4 is 17.4 Å². The van der Waals surface area contributed by atoms with E-state index in [-0.39, 0.29) is 30.1 Å². The number of Topliss-reactive ketones (excluding diaryl/α,β-unsaturated/α-hetero) is 1. The first kappa shape index (κ1) is 25.2. The van der Waals surface area contributed by atoms with Crippen molar-refractivity contribution in [2.24, 2.45) is 0 Å². The summed E-state index contributed by atoms with van der Waals surface area (Å²) in [4.78, 5) is 28.6. The highest BCUT2D eigenvalue weighted by Gasteiger charge is 2.46. The van der Waals surface area contributed by atoms with Crippen LogP contribution in [0.2, 0.25) is 0 Å². The lowest BCUT2D eigenvalue weighted by atomic mass is 9.85. The Labute approximate surface area is 228 Å². The summed E-state index contributed by atoms with van der Waals surface area (Å²) in [5.41, 5.74) is 5.88. The van der Waals surface area contributed by atoms with E-state index >= 15 is 0 Å². The Morgan fingerprint density at radius 3 is 2.36 bits per heavy atom. The molecule has 39 heavy (non-hydrogen) atoms. The van der Waals surface area contributed by atoms with Gasteiger partial charge in [0.1, 0.15) is 5.76 Å². The van der Waals surface area contributed by atoms with E-state index in [1.54, 1.807) is 4.90 Å². The highest BCUT2D eigenvalue weighted by molar-refractivity contribution is 6.46. The molecule has 6 nitrogen and oxygen atoms in total. The summed E-state index contributed by atoms with van der Waals surface area (Å²) in [5.74, 6) is -0.153. The van der Waals surface area contributed by atoms with Gasteiger partial charge in [-0.15, -0.1) is 0 Å². The van der Waals surface area contributed by atoms with Crippen LogP contribution >= 0.6 is 0 Å². The third kappa shape index (κ3) is 4.58. The van der Waals surface area contributed by atoms with E-state index in [1.807, 2.05) is 60.7 Å². The van der Waals surface area contributed by atoms with Crippen LogP contribution in [-0.2, 0) is 34.4 Å². The summed E-state index contributed by atoms with van der Waals surface area (Å²) in [7, 11) is 0. The SMILES string of the molecule is CC(C)(C)c1ccc(C2/C(=C(/O)c3ccc4c(c3)CCCC4)C(=O)C(=O)N2Cc2ccc3c(c2)OCO3)cc1. The van der Waals surface area contributed by atoms with Crippen molar-refractivity contribution < 1.29 is 24.2 Å². The van der Waals surface area contributed by atoms with Crippen molar-refractivity contribution in [2.75, 3.05) is 6.79 Å². The Morgan fingerprint density at radius 1 is 0.897 bits per heavy atom. The molecule has 0 aromatic heterocycles. The molecule has 6 heteroatoms. The summed E-state index contributed by atoms with van der Waals surface area (Å²) in [6, 6.07) is 18.7. The molecule has 0 saturated carbocycles. The fourth-order valence-electron chi connectivity index (χ4n) is 5.83. The second-order valence-electron chi connectivity index (χ2n) is 11.7. The highest BCUT2D eigenvalue weighted by atomic mass is 16.7. The second-order valence-corrected chi connectivity index (χ2v) is 11.7. The van der Waals surface area contributed by atoms with Gasteiger partial charge < -0.3 is 19.5 Å². The number of hydrogen-bond acceptors (Lipinski definition) is 5. The zero-order valence-electron chi connectivity index (χ0n) is 22.6. The van der Waals surface area contributed by atoms with E-state index in [0.29, 0.717) is 17.1 Å². The van der Waals surface area contributed by atoms with Crippen LogP contribution < -0.4 is 9.47 Å². The molecule has 0 radical (unpaired) electrons. The largest absolute Gasteiger partial charge is 0.507 e. The first-order chi connectivity index (χ1) is 18.7. The minimum Gasteiger partial charge on any atom is -0.507 e. The number of hydrogen-bond donors (Lipinski definition) is 1. The number of fused-ring (bicyclic) bond motifs is 2. The Hall–Kier alpha value is -4.06. The summed E-state index contributed by atoms with van der Waals surface area (Å²) in [5, 5.41) is 11.6. The topological polar surface area (TPSA) is 76.1 Å². The van der Waals surface area contributed by atoms with Crippen LogP contribution in [0.4, 0.5) is 0 Å². The van der Waals surface area contributed by atoms with Gasteiger partial charge in [-0.1, -0.05) is 63.2 Å². The Bertz CT molecular complexity index is 1500. The first-order valence-electron chi connectivity index (χ1n) is 13.6. The van der Waals surface area contributed by atoms with Gasteiger partial charge in [0.25, 0.3) is 11.7 Å². The van der Waals surface area contributed by atoms with Crippen molar-refractivity contribution in [3.8, 4) is 11.5 Å². The summed E-state index contributed by atoms with van der Waals surface area (Å²) in [6.45, 7) is 6.77. The second kappa shape index (κ2) is 9.60. The van der Waals surface area contributed by atoms with Crippen LogP contribution in [0.25, 0.3) is 5.76 Å². The van der Waals surface area contributed by atoms with Gasteiger partial charge in [0.05, 0.1) is 11.6 Å². The van der Waals surface area contributed by atoms with Crippen LogP contribution in [0.5, 0.6) is 11.5 Å². The van der Waals surface area contributed by atoms with Gasteiger partial charge in [0.15, 0.2) is 11.5 Å². The van der Waals surface area contributed by atoms with Crippen molar-refractivity contribution in [1.29, 1.82) is 0 Å². The number of rotatable bonds is 4. The standard InChI is InChI=1S/C33H33NO5/c1-33(2,3)25-13-11-22(12-14-25)29-28(30(35)24-10-9-21-6-4-5-7-23(21)17-24)31(36)32(37)34(29)18-20-8-15-26-27(16-20)39-19-38-26/h8-17,29,35H,4-7,18-19H2,1-3H3/b30-28-. The quantitative estimate of drug-likeness (QED) is 0.250. The van der Waals surface area contributed by atoms with Crippen molar-refractivity contribution in [1.82, 2.24) is 4.90 Å². The van der Waals surface area contributed by atoms with Crippen LogP contribution in [-0.4, -0.2) is 28.5 Å². The lowest BCUT2D eigenvalue weighted by Crippen LogP contribution is -2.29. The maximum Gasteiger partial charge on any atom is 0.295 e. The van der Waals surface area contributed by atoms with Crippen LogP contribution in [0.3, 0.4) is 0 Å². The van der Waals surface area contributed by atoms with E-state index in [1.165, 1.54) is 11.1 Å². The number of ether oxygens (including phenoxy) is 2. The van der Waals surface area contributed by atoms with Gasteiger partial charge in [-0.25, -0.2) is 0 Å². The third-order valence-corrected chi connectivity index (χ3v) is 8.04. The molecule has 1 amide bonds. The fourth-order valence-corrected chi connectivity index (χ4v) is 5.83. The molecule has 1 fully saturated rings. The van der Waals surface area contributed by atoms with Crippen molar-refractivity contribution in [3.63, 3.8) is 0 Å². The monoisotopic (exact) mass is 523 g/mol. The third-order valence-electron chi connectivity index (χ3n) is 8.04. The zero-order chi connectivity index (χ0) is 27.3. The number of likely N-dealkylation sites (tertiary alicyclic amines) is 1. The maximum absolute atomic E-state index is 13.6. The molecule has 1 aliphatic carbocycles. The average Bonchev–Trinajstić information content (AvgIpc) is 3.50. The normalized spacial score (nSPS) is 19.9. The molecule has 0 bridgehead atoms. The van der Waals surface area contributed by atoms with Gasteiger partial charge >= 0.3 is 0 Å². The van der Waals surface area contributed by atoms with Crippen molar-refractivity contribution in [3.05, 3.63) is 99.6 Å². The summed E-state index contributed by atoms with van der Waals surface area (Å²) < 4.78 is 11.0. The molecule has 1 N–H and O–H groups in total. The molecule has 1 atom stereocenters. The molecule has 2 aliphatic heterocycles. The molecular weight excluding hydrogens is 490 g/mol. The molecule has 1 unspecified atom stereocenters. The number of benzene rings is 3. The number of nitrogens with zero attached hydrogens (tertiary/aromatic N) is 1. The first-order valence-corrected chi connectivity index (χ1v) is 13.6. The molecule has 6 rings (SSSR count). The molecule has 200 valence electrons. The molecule has 3 aliphatic rings. The smallest absolute Gasteiger partial charge is 0.295 e. The van der Waals surface area contributed by atoms with Gasteiger partial charge in [-0.05, 0) is 77.1 Å². The van der Waals surface area contributed by atoms with Gasteiger partial charge in [-0.2, -0.15) is 0 Å². The fraction of sp³-hybridized carbons (Fsp3) is 0.333. The molecular formula is C33H33NO5. The molecule has 1 saturated heterocycles. The number of ketones is 1. The maximum atomic E-state index is 13.6. The average molecular weight is 524 g/mol. The number of aliphatic hydroxyl groups excluding tert-OH is 1. The van der Waals surface area contributed by atoms with Crippen LogP contribution in [0.1, 0.15) is 73.0 Å². The predicted molar refractivity (Wildman–Crippen MR) is 149 cm³/mol. The molecule has 2 heterocycles. The number of carbonyl (C=O) groups is 2. The van der Waals surface area contributed by atoms with E-state index in [4.69, 9.17) is 9.47 Å². The summed E-state index contributed by atoms with van der Waals surface area (Å²) >= 11 is 0. The van der Waals surface area contributed by atoms with E-state index < -0.39 is 17.7 Å². The van der Waals surface area contributed by atoms with Gasteiger partial charge in [0.2, 0.25) is 6.79 Å². The minimum atomic E-state index is -0.722. The van der Waals surface area contributed by atoms with E-state index in [9.17, 15) is 14.7 Å². The van der Waals surface area contributed by atoms with E-state index in [0.717, 1.165) is 42.4 Å². The molecule has 3 aromatic rings. The number of amides is 1. The highest BCUT2D eigenvalue weighted by Crippen LogP contribution is 2.42. The zero-order valence-corrected chi connectivity index (χ0v) is 22.6. The van der Waals surface area contributed by atoms with Gasteiger partial charge in [0, 0.05) is 12.1 Å². The number of carbonyl (C=O) groups excluding carboxylic acids is 2. The molecule has 0 spiro atoms. The lowest BCUT2D eigenvalue weighted by molar-refractivity contribution is -0.140. The summed E-state index contributed by atoms with van der Waals surface area (Å²) in [6.07, 6.45) is 4.24. The van der Waals surface area contributed by atoms with E-state index in [2.05, 4.69) is 20.8 Å². The Kier molecular flexibility index (Phi) is 6.21. The lowest BCUT2D eigenvalue weighted by Gasteiger charge is -2.27. The van der Waals surface area contributed by atoms with Crippen molar-refractivity contribution in [2.45, 2.75) is 64.5 Å². The van der Waals surface area contributed by atoms with Crippen LogP contribution in [0, 0.1) is 0 Å². The number of aryl methyl sites for hydroxylation is 2. The number of aliphatic hydroxyl groups is 1. The predicted octanol–water partition coefficient (Wildman–Crippen LogP) is 6.21. The minimum absolute atomic E-state index is 0.0457. The Morgan fingerprint density at radius 2 is 1.62 bits per heavy atom. The van der Waals surface area contributed by atoms with Gasteiger partial charge in [-0.3, -0.25) is 9.59 Å². The van der Waals surface area contributed by atoms with Crippen LogP contribution in [0.15, 0.2) is 66.2 Å². The molecule has 3 aromatic carbocycles.